The van der Waals surface area contributed by atoms with Gasteiger partial charge in [-0.3, -0.25) is 0 Å². The lowest BCUT2D eigenvalue weighted by Gasteiger charge is -2.21. The van der Waals surface area contributed by atoms with E-state index in [9.17, 15) is 13.2 Å². The maximum Gasteiger partial charge on any atom is 0.433 e. The van der Waals surface area contributed by atoms with Crippen molar-refractivity contribution in [3.63, 3.8) is 0 Å². The molecule has 20 heavy (non-hydrogen) atoms. The Morgan fingerprint density at radius 2 is 1.80 bits per heavy atom. The molecule has 0 radical (unpaired) electrons. The SMILES string of the molecule is CCN(CC)c1ccc2nc(C(F)(F)F)cc(N)c2c1. The Balaban J connectivity index is 2.57. The lowest BCUT2D eigenvalue weighted by molar-refractivity contribution is -0.140. The van der Waals surface area contributed by atoms with E-state index in [1.54, 1.807) is 18.2 Å². The third-order valence-corrected chi connectivity index (χ3v) is 3.24. The summed E-state index contributed by atoms with van der Waals surface area (Å²) in [6.45, 7) is 5.66. The fourth-order valence-corrected chi connectivity index (χ4v) is 2.17. The van der Waals surface area contributed by atoms with Gasteiger partial charge in [-0.15, -0.1) is 0 Å². The van der Waals surface area contributed by atoms with E-state index in [0.29, 0.717) is 5.39 Å². The number of hydrogen-bond acceptors (Lipinski definition) is 3. The molecule has 0 amide bonds. The molecule has 2 aromatic rings. The number of anilines is 2. The third kappa shape index (κ3) is 2.64. The van der Waals surface area contributed by atoms with Crippen molar-refractivity contribution in [1.82, 2.24) is 4.98 Å². The number of hydrogen-bond donors (Lipinski definition) is 1. The summed E-state index contributed by atoms with van der Waals surface area (Å²) in [7, 11) is 0. The summed E-state index contributed by atoms with van der Waals surface area (Å²) < 4.78 is 38.1. The van der Waals surface area contributed by atoms with E-state index in [4.69, 9.17) is 5.73 Å². The van der Waals surface area contributed by atoms with Gasteiger partial charge in [0.1, 0.15) is 5.69 Å². The van der Waals surface area contributed by atoms with Crippen molar-refractivity contribution in [2.45, 2.75) is 20.0 Å². The Morgan fingerprint density at radius 1 is 1.15 bits per heavy atom. The van der Waals surface area contributed by atoms with Crippen LogP contribution in [0.25, 0.3) is 10.9 Å². The van der Waals surface area contributed by atoms with Gasteiger partial charge in [-0.2, -0.15) is 13.2 Å². The molecular weight excluding hydrogens is 267 g/mol. The van der Waals surface area contributed by atoms with Crippen LogP contribution in [0.1, 0.15) is 19.5 Å². The van der Waals surface area contributed by atoms with Gasteiger partial charge < -0.3 is 10.6 Å². The van der Waals surface area contributed by atoms with Crippen LogP contribution in [0, 0.1) is 0 Å². The molecule has 1 heterocycles. The Hall–Kier alpha value is -1.98. The highest BCUT2D eigenvalue weighted by atomic mass is 19.4. The summed E-state index contributed by atoms with van der Waals surface area (Å²) >= 11 is 0. The van der Waals surface area contributed by atoms with Gasteiger partial charge in [0.2, 0.25) is 0 Å². The maximum atomic E-state index is 12.7. The molecule has 0 aliphatic rings. The van der Waals surface area contributed by atoms with Crippen LogP contribution in [0.2, 0.25) is 0 Å². The Labute approximate surface area is 115 Å². The van der Waals surface area contributed by atoms with Gasteiger partial charge in [0, 0.05) is 29.9 Å². The number of fused-ring (bicyclic) bond motifs is 1. The van der Waals surface area contributed by atoms with Gasteiger partial charge in [0.15, 0.2) is 0 Å². The van der Waals surface area contributed by atoms with E-state index in [1.807, 2.05) is 13.8 Å². The molecule has 2 N–H and O–H groups in total. The zero-order valence-corrected chi connectivity index (χ0v) is 11.3. The molecule has 0 atom stereocenters. The lowest BCUT2D eigenvalue weighted by atomic mass is 10.1. The van der Waals surface area contributed by atoms with Crippen molar-refractivity contribution < 1.29 is 13.2 Å². The van der Waals surface area contributed by atoms with Crippen LogP contribution in [-0.4, -0.2) is 18.1 Å². The summed E-state index contributed by atoms with van der Waals surface area (Å²) in [5.41, 5.74) is 6.07. The number of nitrogens with two attached hydrogens (primary N) is 1. The highest BCUT2D eigenvalue weighted by Crippen LogP contribution is 2.33. The fraction of sp³-hybridized carbons (Fsp3) is 0.357. The van der Waals surface area contributed by atoms with Crippen molar-refractivity contribution >= 4 is 22.3 Å². The van der Waals surface area contributed by atoms with Gasteiger partial charge in [0.25, 0.3) is 0 Å². The fourth-order valence-electron chi connectivity index (χ4n) is 2.17. The van der Waals surface area contributed by atoms with E-state index in [1.165, 1.54) is 0 Å². The standard InChI is InChI=1S/C14H16F3N3/c1-3-20(4-2)9-5-6-12-10(7-9)11(18)8-13(19-12)14(15,16)17/h5-8H,3-4H2,1-2H3,(H2,18,19). The van der Waals surface area contributed by atoms with Gasteiger partial charge in [-0.25, -0.2) is 4.98 Å². The number of nitrogens with zero attached hydrogens (tertiary/aromatic N) is 2. The Kier molecular flexibility index (Phi) is 3.74. The molecule has 0 fully saturated rings. The van der Waals surface area contributed by atoms with Crippen molar-refractivity contribution in [2.24, 2.45) is 0 Å². The topological polar surface area (TPSA) is 42.2 Å². The van der Waals surface area contributed by atoms with Crippen LogP contribution in [0.3, 0.4) is 0 Å². The summed E-state index contributed by atoms with van der Waals surface area (Å²) in [4.78, 5) is 5.73. The smallest absolute Gasteiger partial charge is 0.398 e. The minimum atomic E-state index is -4.49. The quantitative estimate of drug-likeness (QED) is 0.934. The van der Waals surface area contributed by atoms with Crippen LogP contribution in [-0.2, 0) is 6.18 Å². The molecule has 0 saturated heterocycles. The van der Waals surface area contributed by atoms with E-state index < -0.39 is 11.9 Å². The summed E-state index contributed by atoms with van der Waals surface area (Å²) in [5, 5.41) is 0.544. The molecular formula is C14H16F3N3. The number of halogens is 3. The second kappa shape index (κ2) is 5.19. The molecule has 1 aromatic carbocycles. The number of alkyl halides is 3. The van der Waals surface area contributed by atoms with Gasteiger partial charge in [-0.1, -0.05) is 0 Å². The molecule has 108 valence electrons. The molecule has 0 aliphatic heterocycles. The highest BCUT2D eigenvalue weighted by Gasteiger charge is 2.33. The number of benzene rings is 1. The lowest BCUT2D eigenvalue weighted by Crippen LogP contribution is -2.21. The van der Waals surface area contributed by atoms with Crippen LogP contribution in [0.15, 0.2) is 24.3 Å². The summed E-state index contributed by atoms with van der Waals surface area (Å²) in [5.74, 6) is 0. The first-order chi connectivity index (χ1) is 9.36. The molecule has 0 spiro atoms. The normalized spacial score (nSPS) is 11.8. The van der Waals surface area contributed by atoms with Crippen LogP contribution in [0.5, 0.6) is 0 Å². The third-order valence-electron chi connectivity index (χ3n) is 3.24. The largest absolute Gasteiger partial charge is 0.433 e. The predicted octanol–water partition coefficient (Wildman–Crippen LogP) is 3.68. The average molecular weight is 283 g/mol. The van der Waals surface area contributed by atoms with Crippen LogP contribution >= 0.6 is 0 Å². The Bertz CT molecular complexity index is 619. The number of nitrogen functional groups attached to an aromatic ring is 1. The minimum Gasteiger partial charge on any atom is -0.398 e. The van der Waals surface area contributed by atoms with E-state index in [0.717, 1.165) is 24.8 Å². The predicted molar refractivity (Wildman–Crippen MR) is 74.7 cm³/mol. The van der Waals surface area contributed by atoms with Gasteiger partial charge in [-0.05, 0) is 38.1 Å². The Morgan fingerprint density at radius 3 is 2.35 bits per heavy atom. The molecule has 1 aromatic heterocycles. The van der Waals surface area contributed by atoms with Gasteiger partial charge >= 0.3 is 6.18 Å². The summed E-state index contributed by atoms with van der Waals surface area (Å²) in [6, 6.07) is 6.01. The van der Waals surface area contributed by atoms with E-state index >= 15 is 0 Å². The second-order valence-corrected chi connectivity index (χ2v) is 4.47. The van der Waals surface area contributed by atoms with Crippen LogP contribution < -0.4 is 10.6 Å². The van der Waals surface area contributed by atoms with Gasteiger partial charge in [0.05, 0.1) is 5.52 Å². The first-order valence-corrected chi connectivity index (χ1v) is 6.39. The molecule has 0 bridgehead atoms. The monoisotopic (exact) mass is 283 g/mol. The summed E-state index contributed by atoms with van der Waals surface area (Å²) in [6.07, 6.45) is -4.49. The first-order valence-electron chi connectivity index (χ1n) is 6.39. The zero-order chi connectivity index (χ0) is 14.9. The van der Waals surface area contributed by atoms with Crippen molar-refractivity contribution in [3.05, 3.63) is 30.0 Å². The number of aromatic nitrogens is 1. The van der Waals surface area contributed by atoms with Crippen molar-refractivity contribution in [1.29, 1.82) is 0 Å². The highest BCUT2D eigenvalue weighted by molar-refractivity contribution is 5.92. The zero-order valence-electron chi connectivity index (χ0n) is 11.3. The average Bonchev–Trinajstić information content (AvgIpc) is 2.39. The molecule has 2 rings (SSSR count). The molecule has 0 unspecified atom stereocenters. The van der Waals surface area contributed by atoms with Crippen molar-refractivity contribution in [2.75, 3.05) is 23.7 Å². The van der Waals surface area contributed by atoms with E-state index in [-0.39, 0.29) is 11.2 Å². The first kappa shape index (κ1) is 14.4. The van der Waals surface area contributed by atoms with Crippen molar-refractivity contribution in [3.8, 4) is 0 Å². The maximum absolute atomic E-state index is 12.7. The van der Waals surface area contributed by atoms with Crippen LogP contribution in [0.4, 0.5) is 24.5 Å². The number of pyridine rings is 1. The van der Waals surface area contributed by atoms with E-state index in [2.05, 4.69) is 9.88 Å². The molecule has 0 aliphatic carbocycles. The molecule has 6 heteroatoms. The number of rotatable bonds is 3. The molecule has 0 saturated carbocycles. The second-order valence-electron chi connectivity index (χ2n) is 4.47. The minimum absolute atomic E-state index is 0.0938. The molecule has 3 nitrogen and oxygen atoms in total.